The van der Waals surface area contributed by atoms with Gasteiger partial charge >= 0.3 is 5.97 Å². The van der Waals surface area contributed by atoms with Gasteiger partial charge in [0, 0.05) is 24.2 Å². The first-order valence-corrected chi connectivity index (χ1v) is 12.0. The van der Waals surface area contributed by atoms with Gasteiger partial charge in [0.25, 0.3) is 0 Å². The van der Waals surface area contributed by atoms with Gasteiger partial charge in [0.15, 0.2) is 0 Å². The number of aldehydes is 1. The average Bonchev–Trinajstić information content (AvgIpc) is 2.91. The van der Waals surface area contributed by atoms with Crippen molar-refractivity contribution >= 4 is 12.3 Å². The van der Waals surface area contributed by atoms with E-state index in [4.69, 9.17) is 19.7 Å². The van der Waals surface area contributed by atoms with E-state index in [2.05, 4.69) is 20.1 Å². The maximum atomic E-state index is 14.9. The summed E-state index contributed by atoms with van der Waals surface area (Å²) in [6.07, 6.45) is 4.23. The number of carbonyl (C=O) groups is 2. The van der Waals surface area contributed by atoms with Crippen molar-refractivity contribution < 1.29 is 38.1 Å². The summed E-state index contributed by atoms with van der Waals surface area (Å²) >= 11 is 0. The lowest BCUT2D eigenvalue weighted by atomic mass is 9.95. The number of carbonyl (C=O) groups excluding carboxylic acids is 2. The van der Waals surface area contributed by atoms with Crippen LogP contribution in [0.15, 0.2) is 60.7 Å². The van der Waals surface area contributed by atoms with E-state index in [1.807, 2.05) is 0 Å². The van der Waals surface area contributed by atoms with E-state index in [9.17, 15) is 18.4 Å². The number of hydrogen-bond donors (Lipinski definition) is 2. The van der Waals surface area contributed by atoms with Crippen molar-refractivity contribution in [2.45, 2.75) is 38.5 Å². The fraction of sp³-hybridized carbons (Fsp3) is 0.379. The van der Waals surface area contributed by atoms with E-state index in [0.29, 0.717) is 35.0 Å². The van der Waals surface area contributed by atoms with Gasteiger partial charge < -0.3 is 19.7 Å². The zero-order valence-corrected chi connectivity index (χ0v) is 21.5. The van der Waals surface area contributed by atoms with Crippen LogP contribution in [0.4, 0.5) is 8.78 Å². The first-order valence-electron chi connectivity index (χ1n) is 12.0. The number of hydrogen-bond acceptors (Lipinski definition) is 6. The third-order valence-electron chi connectivity index (χ3n) is 5.51. The Bertz CT molecular complexity index is 1050. The van der Waals surface area contributed by atoms with E-state index in [-0.39, 0.29) is 36.8 Å². The molecular formula is C29H36F2O6. The summed E-state index contributed by atoms with van der Waals surface area (Å²) < 4.78 is 39.6. The van der Waals surface area contributed by atoms with Gasteiger partial charge in [-0.15, -0.1) is 0 Å². The molecule has 6 nitrogen and oxygen atoms in total. The second-order valence-corrected chi connectivity index (χ2v) is 8.45. The molecule has 0 aliphatic heterocycles. The first kappa shape index (κ1) is 31.8. The lowest BCUT2D eigenvalue weighted by Crippen LogP contribution is -2.18. The summed E-state index contributed by atoms with van der Waals surface area (Å²) in [4.78, 5) is 21.2. The molecule has 2 aromatic rings. The Morgan fingerprint density at radius 3 is 2.27 bits per heavy atom. The number of aryl methyl sites for hydroxylation is 1. The molecule has 0 aliphatic carbocycles. The number of methoxy groups -OCH3 is 1. The zero-order chi connectivity index (χ0) is 27.8. The highest BCUT2D eigenvalue weighted by molar-refractivity contribution is 5.87. The highest BCUT2D eigenvalue weighted by Crippen LogP contribution is 2.28. The van der Waals surface area contributed by atoms with Gasteiger partial charge in [-0.3, -0.25) is 4.79 Å². The largest absolute Gasteiger partial charge is 0.462 e. The van der Waals surface area contributed by atoms with E-state index in [1.54, 1.807) is 24.3 Å². The molecule has 202 valence electrons. The Labute approximate surface area is 217 Å². The molecule has 0 saturated carbocycles. The number of esters is 1. The smallest absolute Gasteiger partial charge is 0.335 e. The van der Waals surface area contributed by atoms with Gasteiger partial charge in [-0.05, 0) is 41.7 Å². The molecular weight excluding hydrogens is 482 g/mol. The van der Waals surface area contributed by atoms with E-state index in [0.717, 1.165) is 19.3 Å². The average molecular weight is 519 g/mol. The summed E-state index contributed by atoms with van der Waals surface area (Å²) in [5.74, 6) is -1.94. The van der Waals surface area contributed by atoms with Crippen molar-refractivity contribution in [1.29, 1.82) is 0 Å². The van der Waals surface area contributed by atoms with Crippen LogP contribution in [0.1, 0.15) is 43.2 Å². The topological polar surface area (TPSA) is 93.1 Å². The molecule has 0 fully saturated rings. The predicted molar refractivity (Wildman–Crippen MR) is 139 cm³/mol. The Morgan fingerprint density at radius 1 is 1.03 bits per heavy atom. The molecule has 0 spiro atoms. The third-order valence-corrected chi connectivity index (χ3v) is 5.51. The van der Waals surface area contributed by atoms with Gasteiger partial charge in [0.05, 0.1) is 25.4 Å². The molecule has 2 aromatic carbocycles. The molecule has 0 saturated heterocycles. The normalized spacial score (nSPS) is 11.2. The maximum Gasteiger partial charge on any atom is 0.335 e. The van der Waals surface area contributed by atoms with Crippen LogP contribution in [0, 0.1) is 11.6 Å². The highest BCUT2D eigenvalue weighted by Gasteiger charge is 2.18. The minimum absolute atomic E-state index is 0.0500. The van der Waals surface area contributed by atoms with Crippen molar-refractivity contribution in [3.8, 4) is 11.1 Å². The van der Waals surface area contributed by atoms with Crippen molar-refractivity contribution in [1.82, 2.24) is 0 Å². The van der Waals surface area contributed by atoms with Crippen LogP contribution >= 0.6 is 0 Å². The Kier molecular flexibility index (Phi) is 14.9. The number of unbranched alkanes of at least 4 members (excludes halogenated alkanes) is 2. The Hall–Kier alpha value is -3.20. The monoisotopic (exact) mass is 518 g/mol. The second kappa shape index (κ2) is 17.3. The van der Waals surface area contributed by atoms with E-state index >= 15 is 0 Å². The van der Waals surface area contributed by atoms with Crippen molar-refractivity contribution in [3.05, 3.63) is 83.5 Å². The van der Waals surface area contributed by atoms with Crippen LogP contribution in [-0.2, 0) is 25.5 Å². The number of benzene rings is 2. The Morgan fingerprint density at radius 2 is 1.76 bits per heavy atom. The van der Waals surface area contributed by atoms with Crippen LogP contribution in [0.5, 0.6) is 0 Å². The third kappa shape index (κ3) is 10.8. The SMILES string of the molecule is C=C(C=O)CO.C=C(CO)C(=O)OCC(COC)c1ccc(-c2ccc(CCCCC)c(F)c2)c(F)c1. The maximum absolute atomic E-state index is 14.9. The number of halogens is 2. The summed E-state index contributed by atoms with van der Waals surface area (Å²) in [7, 11) is 1.50. The minimum Gasteiger partial charge on any atom is -0.462 e. The molecule has 0 aliphatic rings. The number of rotatable bonds is 14. The zero-order valence-electron chi connectivity index (χ0n) is 21.5. The minimum atomic E-state index is -0.713. The lowest BCUT2D eigenvalue weighted by molar-refractivity contribution is -0.140. The van der Waals surface area contributed by atoms with Crippen LogP contribution in [0.2, 0.25) is 0 Å². The van der Waals surface area contributed by atoms with Crippen molar-refractivity contribution in [3.63, 3.8) is 0 Å². The molecule has 8 heteroatoms. The summed E-state index contributed by atoms with van der Waals surface area (Å²) in [5, 5.41) is 17.0. The molecule has 0 bridgehead atoms. The van der Waals surface area contributed by atoms with E-state index in [1.165, 1.54) is 19.2 Å². The number of ether oxygens (including phenoxy) is 2. The molecule has 0 amide bonds. The number of aliphatic hydroxyl groups excluding tert-OH is 2. The summed E-state index contributed by atoms with van der Waals surface area (Å²) in [6, 6.07) is 9.47. The quantitative estimate of drug-likeness (QED) is 0.160. The highest BCUT2D eigenvalue weighted by atomic mass is 19.1. The van der Waals surface area contributed by atoms with Gasteiger partial charge in [-0.2, -0.15) is 0 Å². The fourth-order valence-electron chi connectivity index (χ4n) is 3.32. The fourth-order valence-corrected chi connectivity index (χ4v) is 3.32. The Balaban J connectivity index is 0.00000102. The molecule has 0 radical (unpaired) electrons. The van der Waals surface area contributed by atoms with Gasteiger partial charge in [0.2, 0.25) is 0 Å². The van der Waals surface area contributed by atoms with Crippen LogP contribution in [0.25, 0.3) is 11.1 Å². The summed E-state index contributed by atoms with van der Waals surface area (Å²) in [6.45, 7) is 8.12. The van der Waals surface area contributed by atoms with Crippen molar-refractivity contribution in [2.24, 2.45) is 0 Å². The molecule has 0 heterocycles. The van der Waals surface area contributed by atoms with Crippen LogP contribution in [-0.4, -0.2) is 56.0 Å². The first-order chi connectivity index (χ1) is 17.7. The molecule has 1 unspecified atom stereocenters. The molecule has 0 aromatic heterocycles. The van der Waals surface area contributed by atoms with Gasteiger partial charge in [-0.1, -0.05) is 57.2 Å². The molecule has 1 atom stereocenters. The predicted octanol–water partition coefficient (Wildman–Crippen LogP) is 4.92. The standard InChI is InChI=1S/C25H30F2O4.C4H6O2/c1-4-5-6-7-18-8-9-20(13-23(18)26)22-11-10-19(12-24(22)27)21(15-30-3)16-31-25(29)17(2)14-28;1-4(2-5)3-6/h8-13,21,28H,2,4-7,14-16H2,1,3H3;2,6H,1,3H2. The number of aliphatic hydroxyl groups is 2. The van der Waals surface area contributed by atoms with Crippen LogP contribution < -0.4 is 0 Å². The lowest BCUT2D eigenvalue weighted by Gasteiger charge is -2.18. The molecule has 2 N–H and O–H groups in total. The summed E-state index contributed by atoms with van der Waals surface area (Å²) in [5.41, 5.74) is 2.15. The second-order valence-electron chi connectivity index (χ2n) is 8.45. The molecule has 2 rings (SSSR count). The van der Waals surface area contributed by atoms with Gasteiger partial charge in [0.1, 0.15) is 24.5 Å². The van der Waals surface area contributed by atoms with Gasteiger partial charge in [-0.25, -0.2) is 13.6 Å². The van der Waals surface area contributed by atoms with Crippen molar-refractivity contribution in [2.75, 3.05) is 33.5 Å². The molecule has 37 heavy (non-hydrogen) atoms. The van der Waals surface area contributed by atoms with E-state index < -0.39 is 24.3 Å². The van der Waals surface area contributed by atoms with Crippen LogP contribution in [0.3, 0.4) is 0 Å².